The summed E-state index contributed by atoms with van der Waals surface area (Å²) in [4.78, 5) is 0. The monoisotopic (exact) mass is 323 g/mol. The fourth-order valence-corrected chi connectivity index (χ4v) is 2.36. The zero-order chi connectivity index (χ0) is 13.7. The Morgan fingerprint density at radius 2 is 1.68 bits per heavy atom. The van der Waals surface area contributed by atoms with Crippen LogP contribution in [0.5, 0.6) is 5.75 Å². The second kappa shape index (κ2) is 6.68. The summed E-state index contributed by atoms with van der Waals surface area (Å²) >= 11 is 3.46. The van der Waals surface area contributed by atoms with E-state index in [-0.39, 0.29) is 5.82 Å². The molecule has 1 N–H and O–H groups in total. The third-order valence-corrected chi connectivity index (χ3v) is 3.41. The van der Waals surface area contributed by atoms with Gasteiger partial charge in [0.05, 0.1) is 11.6 Å². The Labute approximate surface area is 120 Å². The Morgan fingerprint density at radius 3 is 2.32 bits per heavy atom. The molecule has 2 aromatic carbocycles. The van der Waals surface area contributed by atoms with Gasteiger partial charge in [-0.05, 0) is 51.3 Å². The fourth-order valence-electron chi connectivity index (χ4n) is 1.77. The molecule has 0 saturated carbocycles. The van der Waals surface area contributed by atoms with Crippen molar-refractivity contribution in [3.63, 3.8) is 0 Å². The smallest absolute Gasteiger partial charge is 0.133 e. The largest absolute Gasteiger partial charge is 0.496 e. The van der Waals surface area contributed by atoms with E-state index in [9.17, 15) is 4.39 Å². The van der Waals surface area contributed by atoms with Crippen molar-refractivity contribution in [2.45, 2.75) is 13.1 Å². The summed E-state index contributed by atoms with van der Waals surface area (Å²) in [6.45, 7) is 1.46. The molecule has 0 fully saturated rings. The maximum atomic E-state index is 12.8. The maximum Gasteiger partial charge on any atom is 0.133 e. The minimum absolute atomic E-state index is 0.206. The lowest BCUT2D eigenvalue weighted by Crippen LogP contribution is -2.12. The van der Waals surface area contributed by atoms with Crippen molar-refractivity contribution in [2.75, 3.05) is 7.11 Å². The molecule has 4 heteroatoms. The van der Waals surface area contributed by atoms with Crippen molar-refractivity contribution < 1.29 is 9.13 Å². The molecule has 0 atom stereocenters. The van der Waals surface area contributed by atoms with Gasteiger partial charge in [0.25, 0.3) is 0 Å². The minimum atomic E-state index is -0.206. The molecule has 2 aromatic rings. The summed E-state index contributed by atoms with van der Waals surface area (Å²) in [5.41, 5.74) is 2.23. The fraction of sp³-hybridized carbons (Fsp3) is 0.200. The van der Waals surface area contributed by atoms with Gasteiger partial charge < -0.3 is 10.1 Å². The van der Waals surface area contributed by atoms with Gasteiger partial charge in [0.1, 0.15) is 11.6 Å². The van der Waals surface area contributed by atoms with Crippen LogP contribution in [0.25, 0.3) is 0 Å². The van der Waals surface area contributed by atoms with Crippen LogP contribution in [0.2, 0.25) is 0 Å². The molecule has 0 amide bonds. The molecular weight excluding hydrogens is 309 g/mol. The Bertz CT molecular complexity index is 542. The first kappa shape index (κ1) is 14.0. The first-order valence-electron chi connectivity index (χ1n) is 5.96. The highest BCUT2D eigenvalue weighted by molar-refractivity contribution is 9.10. The van der Waals surface area contributed by atoms with E-state index in [2.05, 4.69) is 21.2 Å². The molecule has 0 spiro atoms. The number of ether oxygens (including phenoxy) is 1. The summed E-state index contributed by atoms with van der Waals surface area (Å²) in [5.74, 6) is 0.616. The van der Waals surface area contributed by atoms with Gasteiger partial charge in [-0.25, -0.2) is 4.39 Å². The van der Waals surface area contributed by atoms with Gasteiger partial charge in [0.2, 0.25) is 0 Å². The first-order valence-corrected chi connectivity index (χ1v) is 6.76. The summed E-state index contributed by atoms with van der Waals surface area (Å²) in [6.07, 6.45) is 0. The number of rotatable bonds is 5. The van der Waals surface area contributed by atoms with Crippen LogP contribution in [0.1, 0.15) is 11.1 Å². The zero-order valence-corrected chi connectivity index (χ0v) is 12.2. The predicted molar refractivity (Wildman–Crippen MR) is 77.6 cm³/mol. The lowest BCUT2D eigenvalue weighted by molar-refractivity contribution is 0.412. The Balaban J connectivity index is 1.88. The van der Waals surface area contributed by atoms with E-state index in [0.717, 1.165) is 27.9 Å². The molecule has 0 radical (unpaired) electrons. The van der Waals surface area contributed by atoms with Gasteiger partial charge in [-0.1, -0.05) is 18.2 Å². The second-order valence-electron chi connectivity index (χ2n) is 4.20. The van der Waals surface area contributed by atoms with Gasteiger partial charge in [-0.15, -0.1) is 0 Å². The Morgan fingerprint density at radius 1 is 1.05 bits per heavy atom. The van der Waals surface area contributed by atoms with E-state index in [1.165, 1.54) is 12.1 Å². The van der Waals surface area contributed by atoms with Crippen LogP contribution in [0.3, 0.4) is 0 Å². The van der Waals surface area contributed by atoms with Crippen molar-refractivity contribution in [3.8, 4) is 5.75 Å². The van der Waals surface area contributed by atoms with Crippen molar-refractivity contribution in [1.82, 2.24) is 5.32 Å². The van der Waals surface area contributed by atoms with Crippen LogP contribution < -0.4 is 10.1 Å². The number of hydrogen-bond donors (Lipinski definition) is 1. The van der Waals surface area contributed by atoms with Crippen LogP contribution in [0.15, 0.2) is 46.9 Å². The van der Waals surface area contributed by atoms with Crippen LogP contribution in [-0.2, 0) is 13.1 Å². The van der Waals surface area contributed by atoms with Crippen LogP contribution in [0, 0.1) is 5.82 Å². The van der Waals surface area contributed by atoms with E-state index in [1.54, 1.807) is 19.2 Å². The third-order valence-electron chi connectivity index (χ3n) is 2.79. The van der Waals surface area contributed by atoms with Gasteiger partial charge >= 0.3 is 0 Å². The average molecular weight is 324 g/mol. The molecule has 0 saturated heterocycles. The number of methoxy groups -OCH3 is 1. The van der Waals surface area contributed by atoms with Gasteiger partial charge in [-0.2, -0.15) is 0 Å². The second-order valence-corrected chi connectivity index (χ2v) is 5.05. The number of nitrogens with one attached hydrogen (secondary N) is 1. The predicted octanol–water partition coefficient (Wildman–Crippen LogP) is 3.89. The van der Waals surface area contributed by atoms with Crippen molar-refractivity contribution in [3.05, 3.63) is 63.9 Å². The summed E-state index contributed by atoms with van der Waals surface area (Å²) in [5, 5.41) is 3.32. The zero-order valence-electron chi connectivity index (χ0n) is 10.6. The highest BCUT2D eigenvalue weighted by atomic mass is 79.9. The molecule has 19 heavy (non-hydrogen) atoms. The van der Waals surface area contributed by atoms with E-state index >= 15 is 0 Å². The first-order chi connectivity index (χ1) is 9.19. The van der Waals surface area contributed by atoms with Gasteiger partial charge in [0, 0.05) is 13.1 Å². The van der Waals surface area contributed by atoms with Crippen LogP contribution in [-0.4, -0.2) is 7.11 Å². The lowest BCUT2D eigenvalue weighted by atomic mass is 10.2. The van der Waals surface area contributed by atoms with Crippen molar-refractivity contribution >= 4 is 15.9 Å². The number of benzene rings is 2. The summed E-state index contributed by atoms with van der Waals surface area (Å²) < 4.78 is 18.9. The normalized spacial score (nSPS) is 10.5. The highest BCUT2D eigenvalue weighted by Gasteiger charge is 2.01. The van der Waals surface area contributed by atoms with Gasteiger partial charge in [-0.3, -0.25) is 0 Å². The summed E-state index contributed by atoms with van der Waals surface area (Å²) in [6, 6.07) is 12.5. The molecule has 0 aliphatic carbocycles. The maximum absolute atomic E-state index is 12.8. The molecular formula is C15H15BrFNO. The van der Waals surface area contributed by atoms with Crippen molar-refractivity contribution in [2.24, 2.45) is 0 Å². The Hall–Kier alpha value is -1.39. The molecule has 2 nitrogen and oxygen atoms in total. The molecule has 100 valence electrons. The average Bonchev–Trinajstić information content (AvgIpc) is 2.41. The molecule has 0 heterocycles. The SMILES string of the molecule is COc1ccc(CNCc2ccc(F)cc2)cc1Br. The van der Waals surface area contributed by atoms with E-state index in [4.69, 9.17) is 4.74 Å². The topological polar surface area (TPSA) is 21.3 Å². The molecule has 0 aromatic heterocycles. The lowest BCUT2D eigenvalue weighted by Gasteiger charge is -2.08. The third kappa shape index (κ3) is 4.04. The van der Waals surface area contributed by atoms with E-state index < -0.39 is 0 Å². The molecule has 2 rings (SSSR count). The Kier molecular flexibility index (Phi) is 4.93. The van der Waals surface area contributed by atoms with Crippen LogP contribution in [0.4, 0.5) is 4.39 Å². The van der Waals surface area contributed by atoms with Gasteiger partial charge in [0.15, 0.2) is 0 Å². The molecule has 0 aliphatic rings. The number of hydrogen-bond acceptors (Lipinski definition) is 2. The molecule has 0 unspecified atom stereocenters. The van der Waals surface area contributed by atoms with E-state index in [0.29, 0.717) is 6.54 Å². The minimum Gasteiger partial charge on any atom is -0.496 e. The summed E-state index contributed by atoms with van der Waals surface area (Å²) in [7, 11) is 1.65. The van der Waals surface area contributed by atoms with Crippen molar-refractivity contribution in [1.29, 1.82) is 0 Å². The van der Waals surface area contributed by atoms with Crippen LogP contribution >= 0.6 is 15.9 Å². The highest BCUT2D eigenvalue weighted by Crippen LogP contribution is 2.25. The van der Waals surface area contributed by atoms with E-state index in [1.807, 2.05) is 18.2 Å². The molecule has 0 aliphatic heterocycles. The standard InChI is InChI=1S/C15H15BrFNO/c1-19-15-7-4-12(8-14(15)16)10-18-9-11-2-5-13(17)6-3-11/h2-8,18H,9-10H2,1H3. The molecule has 0 bridgehead atoms. The number of halogens is 2. The quantitative estimate of drug-likeness (QED) is 0.901.